The molecule has 0 heterocycles. The van der Waals surface area contributed by atoms with Crippen molar-refractivity contribution in [2.75, 3.05) is 11.5 Å². The summed E-state index contributed by atoms with van der Waals surface area (Å²) in [5.41, 5.74) is 14.5. The number of rotatable bonds is 2. The maximum atomic E-state index is 8.55. The molecule has 4 N–H and O–H groups in total. The standard InChI is InChI=1S/C9H7N3.C8H7BrN2/c10-4-3-8-5-7(6-11)1-2-9(8)12;9-7-1-2-8(11)6(5-7)3-4-10/h1-2,5H,3,12H2;1-2,5H,3,11H2. The molecule has 2 rings (SSSR count). The Labute approximate surface area is 143 Å². The molecule has 0 bridgehead atoms. The minimum atomic E-state index is 0.251. The van der Waals surface area contributed by atoms with Crippen molar-refractivity contribution < 1.29 is 0 Å². The molecule has 0 saturated heterocycles. The van der Waals surface area contributed by atoms with Gasteiger partial charge in [0, 0.05) is 15.8 Å². The van der Waals surface area contributed by atoms with Crippen molar-refractivity contribution in [2.45, 2.75) is 12.8 Å². The maximum absolute atomic E-state index is 8.55. The fraction of sp³-hybridized carbons (Fsp3) is 0.118. The first-order valence-corrected chi connectivity index (χ1v) is 7.37. The van der Waals surface area contributed by atoms with Gasteiger partial charge in [0.1, 0.15) is 0 Å². The Morgan fingerprint density at radius 2 is 1.35 bits per heavy atom. The van der Waals surface area contributed by atoms with E-state index in [9.17, 15) is 0 Å². The number of hydrogen-bond acceptors (Lipinski definition) is 5. The summed E-state index contributed by atoms with van der Waals surface area (Å²) >= 11 is 3.30. The highest BCUT2D eigenvalue weighted by Crippen LogP contribution is 2.18. The zero-order chi connectivity index (χ0) is 17.2. The summed E-state index contributed by atoms with van der Waals surface area (Å²) in [5.74, 6) is 0. The van der Waals surface area contributed by atoms with Crippen molar-refractivity contribution in [3.63, 3.8) is 0 Å². The Hall–Kier alpha value is -3.01. The van der Waals surface area contributed by atoms with E-state index in [0.717, 1.165) is 15.6 Å². The first kappa shape index (κ1) is 18.0. The second-order valence-electron chi connectivity index (χ2n) is 4.54. The number of nitrogens with zero attached hydrogens (tertiary/aromatic N) is 3. The summed E-state index contributed by atoms with van der Waals surface area (Å²) in [6.07, 6.45) is 0.618. The van der Waals surface area contributed by atoms with Gasteiger partial charge in [-0.2, -0.15) is 15.8 Å². The Kier molecular flexibility index (Phi) is 7.14. The topological polar surface area (TPSA) is 123 Å². The third kappa shape index (κ3) is 5.71. The number of anilines is 2. The first-order chi connectivity index (χ1) is 11.0. The lowest BCUT2D eigenvalue weighted by Gasteiger charge is -2.00. The largest absolute Gasteiger partial charge is 0.398 e. The van der Waals surface area contributed by atoms with Gasteiger partial charge in [-0.05, 0) is 47.5 Å². The quantitative estimate of drug-likeness (QED) is 0.787. The molecule has 0 aliphatic rings. The van der Waals surface area contributed by atoms with Crippen molar-refractivity contribution in [3.8, 4) is 18.2 Å². The van der Waals surface area contributed by atoms with Gasteiger partial charge in [0.15, 0.2) is 0 Å². The molecule has 0 aromatic heterocycles. The fourth-order valence-electron chi connectivity index (χ4n) is 1.73. The number of benzene rings is 2. The summed E-state index contributed by atoms with van der Waals surface area (Å²) in [5, 5.41) is 25.4. The first-order valence-electron chi connectivity index (χ1n) is 6.58. The van der Waals surface area contributed by atoms with Gasteiger partial charge >= 0.3 is 0 Å². The molecule has 0 aliphatic carbocycles. The van der Waals surface area contributed by atoms with E-state index in [0.29, 0.717) is 23.4 Å². The molecule has 6 heteroatoms. The average molecular weight is 368 g/mol. The smallest absolute Gasteiger partial charge is 0.0991 e. The highest BCUT2D eigenvalue weighted by atomic mass is 79.9. The van der Waals surface area contributed by atoms with E-state index >= 15 is 0 Å². The molecule has 5 nitrogen and oxygen atoms in total. The third-order valence-electron chi connectivity index (χ3n) is 2.92. The Morgan fingerprint density at radius 3 is 1.87 bits per heavy atom. The van der Waals surface area contributed by atoms with E-state index in [4.69, 9.17) is 27.3 Å². The molecule has 0 fully saturated rings. The summed E-state index contributed by atoms with van der Waals surface area (Å²) in [6.45, 7) is 0. The number of hydrogen-bond donors (Lipinski definition) is 2. The molecule has 2 aromatic carbocycles. The SMILES string of the molecule is N#CCc1cc(Br)ccc1N.N#CCc1cc(C#N)ccc1N. The van der Waals surface area contributed by atoms with Crippen molar-refractivity contribution in [1.29, 1.82) is 15.8 Å². The van der Waals surface area contributed by atoms with E-state index in [1.54, 1.807) is 24.3 Å². The third-order valence-corrected chi connectivity index (χ3v) is 3.41. The van der Waals surface area contributed by atoms with E-state index in [2.05, 4.69) is 22.0 Å². The summed E-state index contributed by atoms with van der Waals surface area (Å²) < 4.78 is 0.956. The molecular formula is C17H14BrN5. The highest BCUT2D eigenvalue weighted by molar-refractivity contribution is 9.10. The normalized spacial score (nSPS) is 8.78. The molecule has 0 atom stereocenters. The van der Waals surface area contributed by atoms with Crippen molar-refractivity contribution in [1.82, 2.24) is 0 Å². The predicted octanol–water partition coefficient (Wildman–Crippen LogP) is 3.30. The minimum Gasteiger partial charge on any atom is -0.398 e. The minimum absolute atomic E-state index is 0.251. The zero-order valence-corrected chi connectivity index (χ0v) is 13.8. The van der Waals surface area contributed by atoms with Gasteiger partial charge in [0.05, 0.1) is 36.6 Å². The number of halogens is 1. The van der Waals surface area contributed by atoms with E-state index < -0.39 is 0 Å². The number of nitrogens with two attached hydrogens (primary N) is 2. The average Bonchev–Trinajstić information content (AvgIpc) is 2.54. The molecular weight excluding hydrogens is 354 g/mol. The van der Waals surface area contributed by atoms with Gasteiger partial charge in [-0.15, -0.1) is 0 Å². The zero-order valence-electron chi connectivity index (χ0n) is 12.3. The van der Waals surface area contributed by atoms with Crippen LogP contribution in [0.25, 0.3) is 0 Å². The second kappa shape index (κ2) is 9.10. The van der Waals surface area contributed by atoms with E-state index in [1.807, 2.05) is 24.3 Å². The van der Waals surface area contributed by atoms with Crippen LogP contribution in [0.4, 0.5) is 11.4 Å². The van der Waals surface area contributed by atoms with Crippen LogP contribution in [0.2, 0.25) is 0 Å². The van der Waals surface area contributed by atoms with Gasteiger partial charge in [0.25, 0.3) is 0 Å². The lowest BCUT2D eigenvalue weighted by atomic mass is 10.1. The molecule has 114 valence electrons. The lowest BCUT2D eigenvalue weighted by molar-refractivity contribution is 1.26. The number of nitrogen functional groups attached to an aromatic ring is 2. The van der Waals surface area contributed by atoms with Gasteiger partial charge in [-0.1, -0.05) is 15.9 Å². The van der Waals surface area contributed by atoms with Crippen LogP contribution in [-0.4, -0.2) is 0 Å². The lowest BCUT2D eigenvalue weighted by Crippen LogP contribution is -1.93. The van der Waals surface area contributed by atoms with Crippen LogP contribution in [-0.2, 0) is 12.8 Å². The van der Waals surface area contributed by atoms with Gasteiger partial charge < -0.3 is 11.5 Å². The van der Waals surface area contributed by atoms with Crippen LogP contribution in [0.3, 0.4) is 0 Å². The monoisotopic (exact) mass is 367 g/mol. The predicted molar refractivity (Wildman–Crippen MR) is 92.8 cm³/mol. The summed E-state index contributed by atoms with van der Waals surface area (Å²) in [6, 6.07) is 16.4. The molecule has 0 saturated carbocycles. The van der Waals surface area contributed by atoms with E-state index in [1.165, 1.54) is 0 Å². The van der Waals surface area contributed by atoms with Gasteiger partial charge in [-0.25, -0.2) is 0 Å². The Balaban J connectivity index is 0.000000231. The van der Waals surface area contributed by atoms with Gasteiger partial charge in [-0.3, -0.25) is 0 Å². The van der Waals surface area contributed by atoms with Crippen LogP contribution in [0.1, 0.15) is 16.7 Å². The Morgan fingerprint density at radius 1 is 0.826 bits per heavy atom. The van der Waals surface area contributed by atoms with Crippen LogP contribution in [0.15, 0.2) is 40.9 Å². The molecule has 0 radical (unpaired) electrons. The van der Waals surface area contributed by atoms with Crippen LogP contribution >= 0.6 is 15.9 Å². The molecule has 0 aliphatic heterocycles. The number of nitriles is 3. The summed E-state index contributed by atoms with van der Waals surface area (Å²) in [7, 11) is 0. The van der Waals surface area contributed by atoms with Crippen molar-refractivity contribution in [3.05, 3.63) is 57.6 Å². The van der Waals surface area contributed by atoms with Crippen LogP contribution in [0, 0.1) is 34.0 Å². The molecule has 2 aromatic rings. The molecule has 0 unspecified atom stereocenters. The van der Waals surface area contributed by atoms with Gasteiger partial charge in [0.2, 0.25) is 0 Å². The van der Waals surface area contributed by atoms with E-state index in [-0.39, 0.29) is 6.42 Å². The Bertz CT molecular complexity index is 809. The van der Waals surface area contributed by atoms with Crippen LogP contribution in [0.5, 0.6) is 0 Å². The molecule has 23 heavy (non-hydrogen) atoms. The maximum Gasteiger partial charge on any atom is 0.0991 e. The fourth-order valence-corrected chi connectivity index (χ4v) is 2.13. The summed E-state index contributed by atoms with van der Waals surface area (Å²) in [4.78, 5) is 0. The second-order valence-corrected chi connectivity index (χ2v) is 5.45. The molecule has 0 spiro atoms. The molecule has 0 amide bonds. The van der Waals surface area contributed by atoms with Crippen molar-refractivity contribution in [2.24, 2.45) is 0 Å². The van der Waals surface area contributed by atoms with Crippen molar-refractivity contribution >= 4 is 27.3 Å². The van der Waals surface area contributed by atoms with Crippen LogP contribution < -0.4 is 11.5 Å². The highest BCUT2D eigenvalue weighted by Gasteiger charge is 1.99.